The van der Waals surface area contributed by atoms with Gasteiger partial charge in [-0.05, 0) is 30.2 Å². The first kappa shape index (κ1) is 12.8. The van der Waals surface area contributed by atoms with Crippen molar-refractivity contribution in [2.75, 3.05) is 26.2 Å². The maximum atomic E-state index is 6.47. The molecule has 3 fully saturated rings. The van der Waals surface area contributed by atoms with Gasteiger partial charge in [0.25, 0.3) is 0 Å². The lowest BCUT2D eigenvalue weighted by Crippen LogP contribution is -2.63. The molecule has 2 atom stereocenters. The molecule has 2 heterocycles. The Labute approximate surface area is 121 Å². The van der Waals surface area contributed by atoms with Crippen LogP contribution in [0.5, 0.6) is 0 Å². The number of hydrogen-bond acceptors (Lipinski definition) is 3. The number of fused-ring (bicyclic) bond motifs is 2. The molecular weight excluding hydrogens is 246 g/mol. The fourth-order valence-electron chi connectivity index (χ4n) is 4.11. The first-order valence-corrected chi connectivity index (χ1v) is 8.05. The van der Waals surface area contributed by atoms with Crippen LogP contribution in [0, 0.1) is 11.8 Å². The predicted molar refractivity (Wildman–Crippen MR) is 81.3 cm³/mol. The fourth-order valence-corrected chi connectivity index (χ4v) is 4.11. The summed E-state index contributed by atoms with van der Waals surface area (Å²) in [4.78, 5) is 5.34. The Morgan fingerprint density at radius 3 is 2.20 bits per heavy atom. The van der Waals surface area contributed by atoms with Gasteiger partial charge in [0.05, 0.1) is 0 Å². The van der Waals surface area contributed by atoms with Gasteiger partial charge >= 0.3 is 0 Å². The minimum Gasteiger partial charge on any atom is -0.327 e. The largest absolute Gasteiger partial charge is 0.327 e. The van der Waals surface area contributed by atoms with Crippen molar-refractivity contribution in [3.8, 4) is 0 Å². The number of hydrogen-bond donors (Lipinski definition) is 1. The Morgan fingerprint density at radius 1 is 0.950 bits per heavy atom. The smallest absolute Gasteiger partial charge is 0.0234 e. The van der Waals surface area contributed by atoms with E-state index in [2.05, 4.69) is 40.1 Å². The summed E-state index contributed by atoms with van der Waals surface area (Å²) in [5.74, 6) is 1.35. The van der Waals surface area contributed by atoms with E-state index >= 15 is 0 Å². The van der Waals surface area contributed by atoms with E-state index in [4.69, 9.17) is 5.73 Å². The third-order valence-corrected chi connectivity index (χ3v) is 5.32. The molecule has 1 saturated carbocycles. The molecular formula is C17H25N3. The Hall–Kier alpha value is -0.900. The first-order chi connectivity index (χ1) is 9.79. The van der Waals surface area contributed by atoms with E-state index in [1.807, 2.05) is 0 Å². The molecule has 2 unspecified atom stereocenters. The summed E-state index contributed by atoms with van der Waals surface area (Å²) in [7, 11) is 0. The molecule has 0 aromatic heterocycles. The van der Waals surface area contributed by atoms with Crippen molar-refractivity contribution in [1.82, 2.24) is 9.80 Å². The SMILES string of the molecule is NC1C2CN(Cc3ccccc3)CC1CN(C1CC1)C2. The molecule has 0 spiro atoms. The summed E-state index contributed by atoms with van der Waals surface area (Å²) in [6, 6.07) is 12.2. The van der Waals surface area contributed by atoms with Crippen molar-refractivity contribution in [1.29, 1.82) is 0 Å². The molecule has 1 aromatic rings. The zero-order chi connectivity index (χ0) is 13.5. The number of piperidine rings is 2. The minimum atomic E-state index is 0.428. The lowest BCUT2D eigenvalue weighted by molar-refractivity contribution is 0.00628. The lowest BCUT2D eigenvalue weighted by Gasteiger charge is -2.50. The van der Waals surface area contributed by atoms with Crippen molar-refractivity contribution < 1.29 is 0 Å². The van der Waals surface area contributed by atoms with Crippen molar-refractivity contribution in [3.05, 3.63) is 35.9 Å². The Kier molecular flexibility index (Phi) is 3.29. The molecule has 4 rings (SSSR count). The van der Waals surface area contributed by atoms with E-state index in [0.717, 1.165) is 12.6 Å². The molecule has 3 aliphatic rings. The molecule has 20 heavy (non-hydrogen) atoms. The second-order valence-electron chi connectivity index (χ2n) is 6.96. The summed E-state index contributed by atoms with van der Waals surface area (Å²) in [5, 5.41) is 0. The van der Waals surface area contributed by atoms with Crippen LogP contribution in [0.1, 0.15) is 18.4 Å². The third kappa shape index (κ3) is 2.50. The van der Waals surface area contributed by atoms with Gasteiger partial charge in [-0.3, -0.25) is 9.80 Å². The Balaban J connectivity index is 1.43. The highest BCUT2D eigenvalue weighted by Gasteiger charge is 2.43. The average molecular weight is 271 g/mol. The lowest BCUT2D eigenvalue weighted by atomic mass is 9.80. The predicted octanol–water partition coefficient (Wildman–Crippen LogP) is 1.54. The van der Waals surface area contributed by atoms with E-state index in [1.54, 1.807) is 0 Å². The van der Waals surface area contributed by atoms with Gasteiger partial charge in [0.2, 0.25) is 0 Å². The molecule has 0 radical (unpaired) electrons. The van der Waals surface area contributed by atoms with Crippen molar-refractivity contribution in [2.45, 2.75) is 31.5 Å². The molecule has 1 aromatic carbocycles. The Bertz CT molecular complexity index is 441. The van der Waals surface area contributed by atoms with Crippen molar-refractivity contribution in [3.63, 3.8) is 0 Å². The van der Waals surface area contributed by atoms with E-state index in [0.29, 0.717) is 17.9 Å². The van der Waals surface area contributed by atoms with Crippen LogP contribution < -0.4 is 5.73 Å². The molecule has 0 amide bonds. The zero-order valence-corrected chi connectivity index (χ0v) is 12.1. The van der Waals surface area contributed by atoms with E-state index in [1.165, 1.54) is 44.6 Å². The van der Waals surface area contributed by atoms with Gasteiger partial charge in [-0.2, -0.15) is 0 Å². The van der Waals surface area contributed by atoms with Crippen LogP contribution in [0.2, 0.25) is 0 Å². The van der Waals surface area contributed by atoms with Gasteiger partial charge in [-0.25, -0.2) is 0 Å². The number of nitrogens with two attached hydrogens (primary N) is 1. The van der Waals surface area contributed by atoms with Crippen LogP contribution in [-0.2, 0) is 6.54 Å². The first-order valence-electron chi connectivity index (χ1n) is 8.05. The molecule has 3 nitrogen and oxygen atoms in total. The van der Waals surface area contributed by atoms with Crippen molar-refractivity contribution >= 4 is 0 Å². The van der Waals surface area contributed by atoms with Gasteiger partial charge in [-0.1, -0.05) is 30.3 Å². The third-order valence-electron chi connectivity index (χ3n) is 5.32. The minimum absolute atomic E-state index is 0.428. The fraction of sp³-hybridized carbons (Fsp3) is 0.647. The summed E-state index contributed by atoms with van der Waals surface area (Å²) < 4.78 is 0. The summed E-state index contributed by atoms with van der Waals surface area (Å²) in [6.07, 6.45) is 2.84. The quantitative estimate of drug-likeness (QED) is 0.905. The van der Waals surface area contributed by atoms with Crippen LogP contribution in [0.4, 0.5) is 0 Å². The molecule has 3 heteroatoms. The van der Waals surface area contributed by atoms with Gasteiger partial charge in [0.15, 0.2) is 0 Å². The molecule has 2 N–H and O–H groups in total. The van der Waals surface area contributed by atoms with Crippen LogP contribution >= 0.6 is 0 Å². The van der Waals surface area contributed by atoms with Gasteiger partial charge in [0.1, 0.15) is 0 Å². The average Bonchev–Trinajstić information content (AvgIpc) is 3.25. The highest BCUT2D eigenvalue weighted by Crippen LogP contribution is 2.35. The second kappa shape index (κ2) is 5.14. The summed E-state index contributed by atoms with van der Waals surface area (Å²) in [5.41, 5.74) is 7.90. The van der Waals surface area contributed by atoms with E-state index in [9.17, 15) is 0 Å². The van der Waals surface area contributed by atoms with Crippen LogP contribution in [-0.4, -0.2) is 48.1 Å². The van der Waals surface area contributed by atoms with E-state index in [-0.39, 0.29) is 0 Å². The summed E-state index contributed by atoms with van der Waals surface area (Å²) in [6.45, 7) is 5.90. The van der Waals surface area contributed by atoms with E-state index < -0.39 is 0 Å². The standard InChI is InChI=1S/C17H25N3/c18-17-14-9-19(8-13-4-2-1-3-5-13)10-15(17)12-20(11-14)16-6-7-16/h1-5,14-17H,6-12,18H2. The molecule has 108 valence electrons. The zero-order valence-electron chi connectivity index (χ0n) is 12.1. The van der Waals surface area contributed by atoms with Gasteiger partial charge in [0, 0.05) is 44.8 Å². The monoisotopic (exact) mass is 271 g/mol. The van der Waals surface area contributed by atoms with Crippen LogP contribution in [0.15, 0.2) is 30.3 Å². The molecule has 2 aliphatic heterocycles. The molecule has 2 saturated heterocycles. The number of likely N-dealkylation sites (tertiary alicyclic amines) is 2. The molecule has 1 aliphatic carbocycles. The number of nitrogens with zero attached hydrogens (tertiary/aromatic N) is 2. The van der Waals surface area contributed by atoms with Crippen molar-refractivity contribution in [2.24, 2.45) is 17.6 Å². The van der Waals surface area contributed by atoms with Crippen LogP contribution in [0.3, 0.4) is 0 Å². The maximum absolute atomic E-state index is 6.47. The highest BCUT2D eigenvalue weighted by molar-refractivity contribution is 5.15. The van der Waals surface area contributed by atoms with Crippen LogP contribution in [0.25, 0.3) is 0 Å². The molecule has 2 bridgehead atoms. The second-order valence-corrected chi connectivity index (χ2v) is 6.96. The maximum Gasteiger partial charge on any atom is 0.0234 e. The number of benzene rings is 1. The Morgan fingerprint density at radius 2 is 1.60 bits per heavy atom. The number of rotatable bonds is 3. The normalized spacial score (nSPS) is 35.1. The topological polar surface area (TPSA) is 32.5 Å². The van der Waals surface area contributed by atoms with Gasteiger partial charge in [-0.15, -0.1) is 0 Å². The van der Waals surface area contributed by atoms with Gasteiger partial charge < -0.3 is 5.73 Å². The summed E-state index contributed by atoms with van der Waals surface area (Å²) >= 11 is 0. The highest BCUT2D eigenvalue weighted by atomic mass is 15.2.